The number of nitrogen functional groups attached to an aromatic ring is 1. The van der Waals surface area contributed by atoms with Gasteiger partial charge in [-0.25, -0.2) is 0 Å². The molecule has 5 nitrogen and oxygen atoms in total. The third-order valence-electron chi connectivity index (χ3n) is 1.63. The lowest BCUT2D eigenvalue weighted by Gasteiger charge is -1.94. The molecule has 0 radical (unpaired) electrons. The van der Waals surface area contributed by atoms with E-state index in [9.17, 15) is 0 Å². The van der Waals surface area contributed by atoms with Gasteiger partial charge in [0.2, 0.25) is 0 Å². The summed E-state index contributed by atoms with van der Waals surface area (Å²) in [6.07, 6.45) is 0. The maximum absolute atomic E-state index is 8.72. The molecule has 0 saturated heterocycles. The molecule has 0 fully saturated rings. The van der Waals surface area contributed by atoms with E-state index in [2.05, 4.69) is 15.4 Å². The third kappa shape index (κ3) is 0.720. The highest BCUT2D eigenvalue weighted by Crippen LogP contribution is 2.18. The van der Waals surface area contributed by atoms with Crippen molar-refractivity contribution in [2.75, 3.05) is 5.73 Å². The van der Waals surface area contributed by atoms with Crippen LogP contribution in [0.15, 0.2) is 12.1 Å². The van der Waals surface area contributed by atoms with Crippen LogP contribution in [-0.4, -0.2) is 15.4 Å². The van der Waals surface area contributed by atoms with Gasteiger partial charge < -0.3 is 5.73 Å². The number of H-pyrrole nitrogens is 1. The van der Waals surface area contributed by atoms with Crippen LogP contribution >= 0.6 is 0 Å². The fourth-order valence-corrected chi connectivity index (χ4v) is 1.05. The molecular formula is C7H5N5. The predicted molar refractivity (Wildman–Crippen MR) is 43.0 cm³/mol. The van der Waals surface area contributed by atoms with Crippen molar-refractivity contribution in [1.82, 2.24) is 15.4 Å². The molecule has 12 heavy (non-hydrogen) atoms. The highest BCUT2D eigenvalue weighted by atomic mass is 15.3. The average Bonchev–Trinajstić information content (AvgIpc) is 2.52. The zero-order valence-electron chi connectivity index (χ0n) is 6.07. The molecule has 0 amide bonds. The Hall–Kier alpha value is -2.09. The van der Waals surface area contributed by atoms with Gasteiger partial charge in [0, 0.05) is 0 Å². The lowest BCUT2D eigenvalue weighted by Crippen LogP contribution is -1.90. The number of benzene rings is 1. The number of aromatic nitrogens is 3. The van der Waals surface area contributed by atoms with Crippen LogP contribution in [0.1, 0.15) is 5.56 Å². The highest BCUT2D eigenvalue weighted by Gasteiger charge is 2.06. The largest absolute Gasteiger partial charge is 0.398 e. The van der Waals surface area contributed by atoms with Crippen LogP contribution in [0.3, 0.4) is 0 Å². The number of nitriles is 1. The summed E-state index contributed by atoms with van der Waals surface area (Å²) in [6.45, 7) is 0. The van der Waals surface area contributed by atoms with Gasteiger partial charge in [0.15, 0.2) is 0 Å². The van der Waals surface area contributed by atoms with Gasteiger partial charge in [0.25, 0.3) is 0 Å². The van der Waals surface area contributed by atoms with E-state index in [1.165, 1.54) is 0 Å². The summed E-state index contributed by atoms with van der Waals surface area (Å²) in [4.78, 5) is 0. The van der Waals surface area contributed by atoms with E-state index in [0.717, 1.165) is 0 Å². The van der Waals surface area contributed by atoms with E-state index < -0.39 is 0 Å². The highest BCUT2D eigenvalue weighted by molar-refractivity contribution is 5.85. The average molecular weight is 159 g/mol. The Morgan fingerprint density at radius 1 is 1.42 bits per heavy atom. The van der Waals surface area contributed by atoms with Gasteiger partial charge >= 0.3 is 0 Å². The Morgan fingerprint density at radius 3 is 3.00 bits per heavy atom. The molecule has 0 aliphatic carbocycles. The van der Waals surface area contributed by atoms with Crippen molar-refractivity contribution in [1.29, 1.82) is 5.26 Å². The molecule has 1 heterocycles. The normalized spacial score (nSPS) is 9.92. The molecule has 5 heteroatoms. The molecule has 0 aliphatic heterocycles. The number of rotatable bonds is 0. The monoisotopic (exact) mass is 159 g/mol. The first-order valence-corrected chi connectivity index (χ1v) is 3.32. The quantitative estimate of drug-likeness (QED) is 0.544. The molecule has 0 bridgehead atoms. The topological polar surface area (TPSA) is 91.4 Å². The van der Waals surface area contributed by atoms with Gasteiger partial charge in [-0.05, 0) is 12.1 Å². The summed E-state index contributed by atoms with van der Waals surface area (Å²) in [6, 6.07) is 5.34. The van der Waals surface area contributed by atoms with Gasteiger partial charge in [-0.1, -0.05) is 0 Å². The summed E-state index contributed by atoms with van der Waals surface area (Å²) in [5.74, 6) is 0. The van der Waals surface area contributed by atoms with Gasteiger partial charge in [-0.2, -0.15) is 20.7 Å². The standard InChI is InChI=1S/C7H5N5/c8-3-4-5(9)1-2-6-7(4)11-12-10-6/h1-2H,9H2,(H,10,11,12). The molecule has 2 aromatic rings. The maximum Gasteiger partial charge on any atom is 0.132 e. The van der Waals surface area contributed by atoms with Crippen molar-refractivity contribution in [3.05, 3.63) is 17.7 Å². The van der Waals surface area contributed by atoms with Crippen LogP contribution in [0.2, 0.25) is 0 Å². The van der Waals surface area contributed by atoms with Crippen molar-refractivity contribution in [3.63, 3.8) is 0 Å². The lowest BCUT2D eigenvalue weighted by atomic mass is 10.1. The summed E-state index contributed by atoms with van der Waals surface area (Å²) in [7, 11) is 0. The predicted octanol–water partition coefficient (Wildman–Crippen LogP) is 0.412. The fourth-order valence-electron chi connectivity index (χ4n) is 1.05. The Bertz CT molecular complexity index is 464. The van der Waals surface area contributed by atoms with Crippen molar-refractivity contribution < 1.29 is 0 Å². The molecule has 1 aromatic heterocycles. The molecule has 0 atom stereocenters. The van der Waals surface area contributed by atoms with Crippen LogP contribution in [-0.2, 0) is 0 Å². The maximum atomic E-state index is 8.72. The minimum atomic E-state index is 0.376. The van der Waals surface area contributed by atoms with Crippen LogP contribution < -0.4 is 5.73 Å². The van der Waals surface area contributed by atoms with Crippen LogP contribution in [0.5, 0.6) is 0 Å². The van der Waals surface area contributed by atoms with Crippen LogP contribution in [0.4, 0.5) is 5.69 Å². The first-order chi connectivity index (χ1) is 5.83. The molecule has 0 spiro atoms. The molecule has 1 aromatic carbocycles. The fraction of sp³-hybridized carbons (Fsp3) is 0. The van der Waals surface area contributed by atoms with Crippen molar-refractivity contribution in [2.45, 2.75) is 0 Å². The van der Waals surface area contributed by atoms with E-state index in [-0.39, 0.29) is 0 Å². The second-order valence-corrected chi connectivity index (χ2v) is 2.33. The van der Waals surface area contributed by atoms with Gasteiger partial charge in [0.1, 0.15) is 22.7 Å². The Balaban J connectivity index is 2.94. The molecule has 58 valence electrons. The molecule has 0 unspecified atom stereocenters. The summed E-state index contributed by atoms with van der Waals surface area (Å²) < 4.78 is 0. The summed E-state index contributed by atoms with van der Waals surface area (Å²) in [5.41, 5.74) is 7.54. The zero-order chi connectivity index (χ0) is 8.55. The summed E-state index contributed by atoms with van der Waals surface area (Å²) >= 11 is 0. The van der Waals surface area contributed by atoms with E-state index in [4.69, 9.17) is 11.0 Å². The number of nitrogens with zero attached hydrogens (tertiary/aromatic N) is 3. The van der Waals surface area contributed by atoms with E-state index in [0.29, 0.717) is 22.3 Å². The number of fused-ring (bicyclic) bond motifs is 1. The first kappa shape index (κ1) is 6.61. The number of aromatic amines is 1. The van der Waals surface area contributed by atoms with Crippen molar-refractivity contribution in [3.8, 4) is 6.07 Å². The van der Waals surface area contributed by atoms with E-state index in [1.807, 2.05) is 6.07 Å². The van der Waals surface area contributed by atoms with Crippen molar-refractivity contribution in [2.24, 2.45) is 0 Å². The minimum absolute atomic E-state index is 0.376. The van der Waals surface area contributed by atoms with E-state index >= 15 is 0 Å². The van der Waals surface area contributed by atoms with Crippen LogP contribution in [0, 0.1) is 11.3 Å². The van der Waals surface area contributed by atoms with Gasteiger partial charge in [0.05, 0.1) is 5.69 Å². The molecule has 0 saturated carbocycles. The van der Waals surface area contributed by atoms with Gasteiger partial charge in [-0.15, -0.1) is 0 Å². The molecular weight excluding hydrogens is 154 g/mol. The zero-order valence-corrected chi connectivity index (χ0v) is 6.07. The van der Waals surface area contributed by atoms with Crippen LogP contribution in [0.25, 0.3) is 11.0 Å². The van der Waals surface area contributed by atoms with Crippen molar-refractivity contribution >= 4 is 16.7 Å². The number of nitrogens with one attached hydrogen (secondary N) is 1. The second kappa shape index (κ2) is 2.20. The van der Waals surface area contributed by atoms with Gasteiger partial charge in [-0.3, -0.25) is 0 Å². The lowest BCUT2D eigenvalue weighted by molar-refractivity contribution is 0.959. The Morgan fingerprint density at radius 2 is 2.25 bits per heavy atom. The SMILES string of the molecule is N#Cc1c(N)ccc2n[nH]nc12. The molecule has 0 aliphatic rings. The second-order valence-electron chi connectivity index (χ2n) is 2.33. The third-order valence-corrected chi connectivity index (χ3v) is 1.63. The molecule has 2 rings (SSSR count). The number of nitrogens with two attached hydrogens (primary N) is 1. The minimum Gasteiger partial charge on any atom is -0.398 e. The number of hydrogen-bond acceptors (Lipinski definition) is 4. The number of hydrogen-bond donors (Lipinski definition) is 2. The summed E-state index contributed by atoms with van der Waals surface area (Å²) in [5, 5.41) is 18.8. The molecule has 3 N–H and O–H groups in total. The smallest absolute Gasteiger partial charge is 0.132 e. The van der Waals surface area contributed by atoms with E-state index in [1.54, 1.807) is 12.1 Å². The first-order valence-electron chi connectivity index (χ1n) is 3.32. The Labute approximate surface area is 67.8 Å². The Kier molecular flexibility index (Phi) is 1.21. The number of anilines is 1.